The molecule has 1 aromatic carbocycles. The first-order valence-corrected chi connectivity index (χ1v) is 9.73. The predicted molar refractivity (Wildman–Crippen MR) is 104 cm³/mol. The zero-order valence-electron chi connectivity index (χ0n) is 15.9. The summed E-state index contributed by atoms with van der Waals surface area (Å²) in [5.74, 6) is 2.81. The van der Waals surface area contributed by atoms with Crippen LogP contribution in [0.5, 0.6) is 5.75 Å². The molecule has 1 heterocycles. The van der Waals surface area contributed by atoms with Crippen LogP contribution in [-0.4, -0.2) is 23.6 Å². The maximum Gasteiger partial charge on any atom is 0.255 e. The molecule has 5 nitrogen and oxygen atoms in total. The van der Waals surface area contributed by atoms with Gasteiger partial charge in [-0.25, -0.2) is 0 Å². The third-order valence-corrected chi connectivity index (χ3v) is 6.32. The molecule has 1 N–H and O–H groups in total. The van der Waals surface area contributed by atoms with Crippen molar-refractivity contribution in [1.82, 2.24) is 9.88 Å². The van der Waals surface area contributed by atoms with Gasteiger partial charge in [-0.15, -0.1) is 0 Å². The standard InChI is InChI=1S/C22H26N2O3/c1-14(20-12-15-3-4-16(20)11-15)23-22(26)17-5-10-21(25)24(13-17)18-6-8-19(27-2)9-7-18/h5-10,13-16,20H,3-4,11-12H2,1-2H3,(H,23,26). The fourth-order valence-electron chi connectivity index (χ4n) is 4.87. The van der Waals surface area contributed by atoms with Gasteiger partial charge in [0.1, 0.15) is 5.75 Å². The van der Waals surface area contributed by atoms with Crippen LogP contribution in [0, 0.1) is 17.8 Å². The minimum Gasteiger partial charge on any atom is -0.497 e. The highest BCUT2D eigenvalue weighted by molar-refractivity contribution is 5.94. The van der Waals surface area contributed by atoms with Gasteiger partial charge >= 0.3 is 0 Å². The van der Waals surface area contributed by atoms with Crippen LogP contribution < -0.4 is 15.6 Å². The largest absolute Gasteiger partial charge is 0.497 e. The van der Waals surface area contributed by atoms with Gasteiger partial charge in [0.25, 0.3) is 11.5 Å². The van der Waals surface area contributed by atoms with E-state index in [-0.39, 0.29) is 17.5 Å². The lowest BCUT2D eigenvalue weighted by atomic mass is 9.84. The molecule has 2 saturated carbocycles. The molecule has 0 radical (unpaired) electrons. The van der Waals surface area contributed by atoms with Crippen LogP contribution >= 0.6 is 0 Å². The minimum absolute atomic E-state index is 0.118. The highest BCUT2D eigenvalue weighted by Gasteiger charge is 2.42. The predicted octanol–water partition coefficient (Wildman–Crippen LogP) is 3.40. The van der Waals surface area contributed by atoms with Crippen LogP contribution in [0.1, 0.15) is 43.0 Å². The van der Waals surface area contributed by atoms with Gasteiger partial charge < -0.3 is 10.1 Å². The zero-order chi connectivity index (χ0) is 19.0. The number of nitrogens with one attached hydrogen (secondary N) is 1. The third-order valence-electron chi connectivity index (χ3n) is 6.32. The van der Waals surface area contributed by atoms with Crippen LogP contribution in [0.25, 0.3) is 5.69 Å². The number of aromatic nitrogens is 1. The third kappa shape index (κ3) is 3.51. The maximum atomic E-state index is 12.8. The molecule has 0 saturated heterocycles. The molecule has 4 rings (SSSR count). The van der Waals surface area contributed by atoms with Crippen molar-refractivity contribution in [2.24, 2.45) is 17.8 Å². The number of nitrogens with zero attached hydrogens (tertiary/aromatic N) is 1. The van der Waals surface area contributed by atoms with Crippen LogP contribution in [-0.2, 0) is 0 Å². The Kier molecular flexibility index (Phi) is 4.77. The van der Waals surface area contributed by atoms with Crippen LogP contribution in [0.15, 0.2) is 47.4 Å². The number of amides is 1. The van der Waals surface area contributed by atoms with Crippen LogP contribution in [0.3, 0.4) is 0 Å². The van der Waals surface area contributed by atoms with E-state index in [4.69, 9.17) is 4.74 Å². The lowest BCUT2D eigenvalue weighted by molar-refractivity contribution is 0.0914. The molecule has 4 atom stereocenters. The molecule has 142 valence electrons. The number of carbonyl (C=O) groups excluding carboxylic acids is 1. The summed E-state index contributed by atoms with van der Waals surface area (Å²) >= 11 is 0. The molecule has 5 heteroatoms. The summed E-state index contributed by atoms with van der Waals surface area (Å²) in [6.07, 6.45) is 6.84. The lowest BCUT2D eigenvalue weighted by Crippen LogP contribution is -2.40. The van der Waals surface area contributed by atoms with E-state index >= 15 is 0 Å². The molecular formula is C22H26N2O3. The van der Waals surface area contributed by atoms with E-state index in [0.29, 0.717) is 17.2 Å². The Labute approximate surface area is 159 Å². The van der Waals surface area contributed by atoms with Crippen molar-refractivity contribution in [3.8, 4) is 11.4 Å². The first-order valence-electron chi connectivity index (χ1n) is 9.73. The first kappa shape index (κ1) is 17.8. The summed E-state index contributed by atoms with van der Waals surface area (Å²) in [5, 5.41) is 3.17. The number of benzene rings is 1. The van der Waals surface area contributed by atoms with Crippen LogP contribution in [0.2, 0.25) is 0 Å². The van der Waals surface area contributed by atoms with E-state index in [1.807, 2.05) is 0 Å². The highest BCUT2D eigenvalue weighted by Crippen LogP contribution is 2.49. The summed E-state index contributed by atoms with van der Waals surface area (Å²) in [5.41, 5.74) is 1.04. The molecule has 2 aliphatic carbocycles. The second-order valence-corrected chi connectivity index (χ2v) is 7.92. The number of hydrogen-bond donors (Lipinski definition) is 1. The average molecular weight is 366 g/mol. The van der Waals surface area contributed by atoms with Crippen molar-refractivity contribution in [1.29, 1.82) is 0 Å². The molecule has 27 heavy (non-hydrogen) atoms. The Balaban J connectivity index is 1.51. The normalized spacial score (nSPS) is 24.6. The molecule has 2 aliphatic rings. The molecule has 1 amide bonds. The smallest absolute Gasteiger partial charge is 0.255 e. The zero-order valence-corrected chi connectivity index (χ0v) is 15.9. The van der Waals surface area contributed by atoms with Crippen molar-refractivity contribution >= 4 is 5.91 Å². The summed E-state index contributed by atoms with van der Waals surface area (Å²) in [4.78, 5) is 25.0. The molecule has 0 spiro atoms. The Morgan fingerprint density at radius 1 is 1.15 bits per heavy atom. The number of fused-ring (bicyclic) bond motifs is 2. The van der Waals surface area contributed by atoms with Gasteiger partial charge in [0.05, 0.1) is 12.7 Å². The summed E-state index contributed by atoms with van der Waals surface area (Å²) < 4.78 is 6.66. The molecule has 2 fully saturated rings. The number of hydrogen-bond acceptors (Lipinski definition) is 3. The summed E-state index contributed by atoms with van der Waals surface area (Å²) in [6.45, 7) is 2.11. The SMILES string of the molecule is COc1ccc(-n2cc(C(=O)NC(C)C3CC4CCC3C4)ccc2=O)cc1. The van der Waals surface area contributed by atoms with Gasteiger partial charge in [-0.1, -0.05) is 6.42 Å². The molecule has 4 unspecified atom stereocenters. The summed E-state index contributed by atoms with van der Waals surface area (Å²) in [6, 6.07) is 10.4. The average Bonchev–Trinajstić information content (AvgIpc) is 3.32. The minimum atomic E-state index is -0.169. The number of methoxy groups -OCH3 is 1. The van der Waals surface area contributed by atoms with E-state index in [1.54, 1.807) is 43.6 Å². The molecule has 1 aromatic heterocycles. The second kappa shape index (κ2) is 7.22. The number of ether oxygens (including phenoxy) is 1. The van der Waals surface area contributed by atoms with Gasteiger partial charge in [0.2, 0.25) is 0 Å². The highest BCUT2D eigenvalue weighted by atomic mass is 16.5. The summed E-state index contributed by atoms with van der Waals surface area (Å²) in [7, 11) is 1.60. The Hall–Kier alpha value is -2.56. The van der Waals surface area contributed by atoms with Gasteiger partial charge in [-0.3, -0.25) is 14.2 Å². The number of pyridine rings is 1. The molecule has 2 bridgehead atoms. The molecule has 2 aromatic rings. The van der Waals surface area contributed by atoms with Crippen molar-refractivity contribution in [3.05, 3.63) is 58.5 Å². The fraction of sp³-hybridized carbons (Fsp3) is 0.455. The van der Waals surface area contributed by atoms with Crippen molar-refractivity contribution in [2.75, 3.05) is 7.11 Å². The van der Waals surface area contributed by atoms with E-state index in [2.05, 4.69) is 12.2 Å². The maximum absolute atomic E-state index is 12.8. The van der Waals surface area contributed by atoms with Gasteiger partial charge in [-0.2, -0.15) is 0 Å². The first-order chi connectivity index (χ1) is 13.0. The Morgan fingerprint density at radius 3 is 2.56 bits per heavy atom. The Morgan fingerprint density at radius 2 is 1.93 bits per heavy atom. The lowest BCUT2D eigenvalue weighted by Gasteiger charge is -2.28. The number of carbonyl (C=O) groups is 1. The Bertz CT molecular complexity index is 887. The van der Waals surface area contributed by atoms with Crippen LogP contribution in [0.4, 0.5) is 0 Å². The topological polar surface area (TPSA) is 60.3 Å². The monoisotopic (exact) mass is 366 g/mol. The van der Waals surface area contributed by atoms with Crippen molar-refractivity contribution in [3.63, 3.8) is 0 Å². The van der Waals surface area contributed by atoms with Crippen molar-refractivity contribution < 1.29 is 9.53 Å². The number of rotatable bonds is 5. The van der Waals surface area contributed by atoms with Gasteiger partial charge in [-0.05, 0) is 74.3 Å². The molecular weight excluding hydrogens is 340 g/mol. The van der Waals surface area contributed by atoms with E-state index in [9.17, 15) is 9.59 Å². The molecule has 0 aliphatic heterocycles. The van der Waals surface area contributed by atoms with E-state index < -0.39 is 0 Å². The van der Waals surface area contributed by atoms with Gasteiger partial charge in [0, 0.05) is 24.0 Å². The van der Waals surface area contributed by atoms with Crippen molar-refractivity contribution in [2.45, 2.75) is 38.6 Å². The van der Waals surface area contributed by atoms with E-state index in [0.717, 1.165) is 17.6 Å². The van der Waals surface area contributed by atoms with Gasteiger partial charge in [0.15, 0.2) is 0 Å². The van der Waals surface area contributed by atoms with E-state index in [1.165, 1.54) is 36.3 Å². The quantitative estimate of drug-likeness (QED) is 0.882. The fourth-order valence-corrected chi connectivity index (χ4v) is 4.87. The second-order valence-electron chi connectivity index (χ2n) is 7.92.